The molecule has 0 unspecified atom stereocenters. The van der Waals surface area contributed by atoms with Crippen LogP contribution in [0.4, 0.5) is 11.4 Å². The Morgan fingerprint density at radius 1 is 0.935 bits per heavy atom. The average Bonchev–Trinajstić information content (AvgIpc) is 2.79. The Morgan fingerprint density at radius 2 is 1.58 bits per heavy atom. The number of hydrogen-bond acceptors (Lipinski definition) is 3. The van der Waals surface area contributed by atoms with Gasteiger partial charge in [0.15, 0.2) is 0 Å². The van der Waals surface area contributed by atoms with Crippen LogP contribution >= 0.6 is 0 Å². The number of rotatable bonds is 4. The molecule has 0 saturated heterocycles. The summed E-state index contributed by atoms with van der Waals surface area (Å²) in [7, 11) is 1.61. The number of ether oxygens (including phenoxy) is 1. The van der Waals surface area contributed by atoms with Gasteiger partial charge in [-0.05, 0) is 61.4 Å². The number of benzene rings is 3. The summed E-state index contributed by atoms with van der Waals surface area (Å²) < 4.78 is 5.24. The first kappa shape index (κ1) is 20.7. The lowest BCUT2D eigenvalue weighted by Gasteiger charge is -2.43. The Bertz CT molecular complexity index is 1080. The maximum atomic E-state index is 13.8. The second kappa shape index (κ2) is 8.64. The molecule has 4 rings (SSSR count). The molecule has 0 spiro atoms. The minimum atomic E-state index is -0.196. The van der Waals surface area contributed by atoms with E-state index in [0.717, 1.165) is 16.9 Å². The number of fused-ring (bicyclic) bond motifs is 1. The van der Waals surface area contributed by atoms with Crippen LogP contribution in [0.3, 0.4) is 0 Å². The van der Waals surface area contributed by atoms with E-state index >= 15 is 0 Å². The van der Waals surface area contributed by atoms with Crippen LogP contribution in [0.5, 0.6) is 5.75 Å². The number of carbonyl (C=O) groups excluding carboxylic acids is 2. The molecule has 0 aliphatic carbocycles. The third kappa shape index (κ3) is 3.91. The molecule has 0 N–H and O–H groups in total. The van der Waals surface area contributed by atoms with Gasteiger partial charge in [0.2, 0.25) is 5.91 Å². The molecule has 2 atom stereocenters. The minimum absolute atomic E-state index is 0.00569. The van der Waals surface area contributed by atoms with Crippen LogP contribution < -0.4 is 14.5 Å². The second-order valence-electron chi connectivity index (χ2n) is 7.79. The Labute approximate surface area is 182 Å². The standard InChI is InChI=1S/C26H26N2O3/c1-18-17-25(23-11-7-8-12-24(23)27(18)19(2)29)28(21-9-5-4-6-10-21)26(30)20-13-15-22(31-3)16-14-20/h4-16,18,25H,17H2,1-3H3/t18-,25+/m1/s1. The normalized spacial score (nSPS) is 17.6. The Hall–Kier alpha value is -3.60. The van der Waals surface area contributed by atoms with Crippen molar-refractivity contribution in [1.29, 1.82) is 0 Å². The molecule has 3 aromatic rings. The minimum Gasteiger partial charge on any atom is -0.497 e. The van der Waals surface area contributed by atoms with E-state index in [1.807, 2.05) is 71.3 Å². The van der Waals surface area contributed by atoms with Crippen LogP contribution in [0.2, 0.25) is 0 Å². The Balaban J connectivity index is 1.83. The monoisotopic (exact) mass is 414 g/mol. The van der Waals surface area contributed by atoms with Crippen molar-refractivity contribution >= 4 is 23.2 Å². The van der Waals surface area contributed by atoms with Crippen molar-refractivity contribution in [2.24, 2.45) is 0 Å². The highest BCUT2D eigenvalue weighted by Crippen LogP contribution is 2.42. The molecule has 1 aliphatic rings. The quantitative estimate of drug-likeness (QED) is 0.587. The maximum absolute atomic E-state index is 13.8. The molecule has 0 fully saturated rings. The van der Waals surface area contributed by atoms with Gasteiger partial charge in [0.25, 0.3) is 5.91 Å². The zero-order chi connectivity index (χ0) is 22.0. The van der Waals surface area contributed by atoms with Crippen LogP contribution in [0.25, 0.3) is 0 Å². The van der Waals surface area contributed by atoms with Gasteiger partial charge in [-0.2, -0.15) is 0 Å². The molecule has 2 amide bonds. The van der Waals surface area contributed by atoms with Gasteiger partial charge in [-0.1, -0.05) is 36.4 Å². The fourth-order valence-corrected chi connectivity index (χ4v) is 4.41. The number of hydrogen-bond donors (Lipinski definition) is 0. The molecule has 1 heterocycles. The molecule has 1 aliphatic heterocycles. The van der Waals surface area contributed by atoms with Crippen LogP contribution in [-0.4, -0.2) is 25.0 Å². The van der Waals surface area contributed by atoms with E-state index in [1.54, 1.807) is 38.3 Å². The summed E-state index contributed by atoms with van der Waals surface area (Å²) >= 11 is 0. The molecule has 5 nitrogen and oxygen atoms in total. The predicted octanol–water partition coefficient (Wildman–Crippen LogP) is 5.23. The van der Waals surface area contributed by atoms with Crippen molar-refractivity contribution in [1.82, 2.24) is 0 Å². The van der Waals surface area contributed by atoms with Gasteiger partial charge in [0, 0.05) is 29.9 Å². The summed E-state index contributed by atoms with van der Waals surface area (Å²) in [4.78, 5) is 29.8. The van der Waals surface area contributed by atoms with Crippen LogP contribution in [-0.2, 0) is 4.79 Å². The van der Waals surface area contributed by atoms with Crippen LogP contribution in [0, 0.1) is 0 Å². The van der Waals surface area contributed by atoms with Crippen molar-refractivity contribution in [3.05, 3.63) is 90.0 Å². The molecule has 0 saturated carbocycles. The molecule has 0 bridgehead atoms. The average molecular weight is 415 g/mol. The molecule has 5 heteroatoms. The molecular weight excluding hydrogens is 388 g/mol. The first-order valence-electron chi connectivity index (χ1n) is 10.4. The summed E-state index contributed by atoms with van der Waals surface area (Å²) in [5.74, 6) is 0.625. The third-order valence-electron chi connectivity index (χ3n) is 5.80. The molecular formula is C26H26N2O3. The topological polar surface area (TPSA) is 49.9 Å². The zero-order valence-corrected chi connectivity index (χ0v) is 18.0. The van der Waals surface area contributed by atoms with Gasteiger partial charge >= 0.3 is 0 Å². The zero-order valence-electron chi connectivity index (χ0n) is 18.0. The van der Waals surface area contributed by atoms with E-state index in [0.29, 0.717) is 17.7 Å². The molecule has 0 radical (unpaired) electrons. The van der Waals surface area contributed by atoms with Crippen molar-refractivity contribution in [3.63, 3.8) is 0 Å². The summed E-state index contributed by atoms with van der Waals surface area (Å²) in [6.45, 7) is 3.62. The third-order valence-corrected chi connectivity index (χ3v) is 5.80. The lowest BCUT2D eigenvalue weighted by atomic mass is 9.89. The van der Waals surface area contributed by atoms with E-state index in [-0.39, 0.29) is 23.9 Å². The van der Waals surface area contributed by atoms with Crippen molar-refractivity contribution in [2.75, 3.05) is 16.9 Å². The second-order valence-corrected chi connectivity index (χ2v) is 7.79. The first-order valence-corrected chi connectivity index (χ1v) is 10.4. The van der Waals surface area contributed by atoms with Gasteiger partial charge in [0.05, 0.1) is 13.2 Å². The van der Waals surface area contributed by atoms with Gasteiger partial charge in [-0.3, -0.25) is 9.59 Å². The van der Waals surface area contributed by atoms with Gasteiger partial charge in [0.1, 0.15) is 5.75 Å². The van der Waals surface area contributed by atoms with Crippen LogP contribution in [0.1, 0.15) is 42.2 Å². The largest absolute Gasteiger partial charge is 0.497 e. The Kier molecular flexibility index (Phi) is 5.76. The van der Waals surface area contributed by atoms with Crippen molar-refractivity contribution in [3.8, 4) is 5.75 Å². The van der Waals surface area contributed by atoms with Gasteiger partial charge < -0.3 is 14.5 Å². The van der Waals surface area contributed by atoms with Crippen LogP contribution in [0.15, 0.2) is 78.9 Å². The van der Waals surface area contributed by atoms with E-state index in [9.17, 15) is 9.59 Å². The lowest BCUT2D eigenvalue weighted by molar-refractivity contribution is -0.117. The van der Waals surface area contributed by atoms with E-state index in [2.05, 4.69) is 0 Å². The Morgan fingerprint density at radius 3 is 2.23 bits per heavy atom. The molecule has 3 aromatic carbocycles. The lowest BCUT2D eigenvalue weighted by Crippen LogP contribution is -2.47. The number of methoxy groups -OCH3 is 1. The number of anilines is 2. The van der Waals surface area contributed by atoms with Crippen molar-refractivity contribution < 1.29 is 14.3 Å². The highest BCUT2D eigenvalue weighted by Gasteiger charge is 2.37. The van der Waals surface area contributed by atoms with Gasteiger partial charge in [-0.15, -0.1) is 0 Å². The smallest absolute Gasteiger partial charge is 0.258 e. The highest BCUT2D eigenvalue weighted by atomic mass is 16.5. The molecule has 31 heavy (non-hydrogen) atoms. The molecule has 158 valence electrons. The van der Waals surface area contributed by atoms with E-state index < -0.39 is 0 Å². The summed E-state index contributed by atoms with van der Waals surface area (Å²) in [6.07, 6.45) is 0.646. The maximum Gasteiger partial charge on any atom is 0.258 e. The fraction of sp³-hybridized carbons (Fsp3) is 0.231. The summed E-state index contributed by atoms with van der Waals surface area (Å²) in [5.41, 5.74) is 3.25. The number of amides is 2. The SMILES string of the molecule is COc1ccc(C(=O)N(c2ccccc2)[C@H]2C[C@@H](C)N(C(C)=O)c3ccccc32)cc1. The summed E-state index contributed by atoms with van der Waals surface area (Å²) in [5, 5.41) is 0. The van der Waals surface area contributed by atoms with E-state index in [4.69, 9.17) is 4.74 Å². The summed E-state index contributed by atoms with van der Waals surface area (Å²) in [6, 6.07) is 24.5. The molecule has 0 aromatic heterocycles. The first-order chi connectivity index (χ1) is 15.0. The number of carbonyl (C=O) groups is 2. The predicted molar refractivity (Wildman–Crippen MR) is 123 cm³/mol. The fourth-order valence-electron chi connectivity index (χ4n) is 4.41. The highest BCUT2D eigenvalue weighted by molar-refractivity contribution is 6.07. The van der Waals surface area contributed by atoms with Crippen molar-refractivity contribution in [2.45, 2.75) is 32.4 Å². The number of para-hydroxylation sites is 2. The number of nitrogens with zero attached hydrogens (tertiary/aromatic N) is 2. The van der Waals surface area contributed by atoms with Gasteiger partial charge in [-0.25, -0.2) is 0 Å². The van der Waals surface area contributed by atoms with E-state index in [1.165, 1.54) is 0 Å².